The van der Waals surface area contributed by atoms with Crippen LogP contribution in [-0.2, 0) is 19.3 Å². The van der Waals surface area contributed by atoms with Crippen molar-refractivity contribution in [1.29, 1.82) is 0 Å². The number of hydrazone groups is 1. The van der Waals surface area contributed by atoms with Gasteiger partial charge in [-0.25, -0.2) is 5.43 Å². The number of alkyl halides is 3. The summed E-state index contributed by atoms with van der Waals surface area (Å²) in [5.41, 5.74) is 5.06. The Balaban J connectivity index is 1.45. The zero-order valence-corrected chi connectivity index (χ0v) is 18.0. The predicted octanol–water partition coefficient (Wildman–Crippen LogP) is 6.30. The van der Waals surface area contributed by atoms with Gasteiger partial charge in [-0.1, -0.05) is 41.4 Å². The van der Waals surface area contributed by atoms with Crippen molar-refractivity contribution >= 4 is 41.0 Å². The molecule has 164 valence electrons. The van der Waals surface area contributed by atoms with Crippen molar-refractivity contribution in [3.63, 3.8) is 0 Å². The Hall–Kier alpha value is -3.03. The van der Waals surface area contributed by atoms with Crippen molar-refractivity contribution in [2.45, 2.75) is 19.3 Å². The van der Waals surface area contributed by atoms with Crippen LogP contribution in [0.25, 0.3) is 0 Å². The molecule has 0 unspecified atom stereocenters. The molecule has 1 heterocycles. The SMILES string of the molecule is O=C(N/N=C/c1ccc(Cl)cc1Cl)c1ccc2c(c1)CN(c1cccc(C(F)(F)F)c1)C2. The fraction of sp³-hybridized carbons (Fsp3) is 0.130. The summed E-state index contributed by atoms with van der Waals surface area (Å²) in [7, 11) is 0. The number of hydrogen-bond donors (Lipinski definition) is 1. The van der Waals surface area contributed by atoms with Crippen LogP contribution in [-0.4, -0.2) is 12.1 Å². The number of fused-ring (bicyclic) bond motifs is 1. The van der Waals surface area contributed by atoms with Crippen molar-refractivity contribution in [2.24, 2.45) is 5.10 Å². The summed E-state index contributed by atoms with van der Waals surface area (Å²) in [5, 5.41) is 4.83. The molecule has 3 aromatic carbocycles. The van der Waals surface area contributed by atoms with E-state index in [9.17, 15) is 18.0 Å². The normalized spacial score (nSPS) is 13.5. The van der Waals surface area contributed by atoms with Crippen LogP contribution in [0.5, 0.6) is 0 Å². The fourth-order valence-electron chi connectivity index (χ4n) is 3.43. The molecule has 1 N–H and O–H groups in total. The molecular weight excluding hydrogens is 462 g/mol. The van der Waals surface area contributed by atoms with Gasteiger partial charge in [0.05, 0.1) is 16.8 Å². The Bertz CT molecular complexity index is 1210. The number of halogens is 5. The summed E-state index contributed by atoms with van der Waals surface area (Å²) in [4.78, 5) is 14.3. The predicted molar refractivity (Wildman–Crippen MR) is 119 cm³/mol. The first-order valence-corrected chi connectivity index (χ1v) is 10.3. The highest BCUT2D eigenvalue weighted by Gasteiger charge is 2.31. The van der Waals surface area contributed by atoms with Crippen molar-refractivity contribution < 1.29 is 18.0 Å². The van der Waals surface area contributed by atoms with Gasteiger partial charge in [0.2, 0.25) is 0 Å². The molecule has 3 aromatic rings. The van der Waals surface area contributed by atoms with Crippen molar-refractivity contribution in [2.75, 3.05) is 4.90 Å². The van der Waals surface area contributed by atoms with E-state index < -0.39 is 17.6 Å². The Kier molecular flexibility index (Phi) is 6.13. The molecule has 9 heteroatoms. The molecule has 0 atom stereocenters. The van der Waals surface area contributed by atoms with Gasteiger partial charge >= 0.3 is 6.18 Å². The van der Waals surface area contributed by atoms with Gasteiger partial charge in [-0.15, -0.1) is 0 Å². The molecule has 32 heavy (non-hydrogen) atoms. The average molecular weight is 478 g/mol. The minimum atomic E-state index is -4.40. The van der Waals surface area contributed by atoms with Gasteiger partial charge in [-0.3, -0.25) is 4.79 Å². The molecule has 1 amide bonds. The third-order valence-corrected chi connectivity index (χ3v) is 5.62. The van der Waals surface area contributed by atoms with Gasteiger partial charge < -0.3 is 4.90 Å². The van der Waals surface area contributed by atoms with E-state index in [-0.39, 0.29) is 0 Å². The number of nitrogens with one attached hydrogen (secondary N) is 1. The molecule has 0 saturated heterocycles. The lowest BCUT2D eigenvalue weighted by molar-refractivity contribution is -0.137. The second-order valence-corrected chi connectivity index (χ2v) is 8.10. The largest absolute Gasteiger partial charge is 0.416 e. The standard InChI is InChI=1S/C23H16Cl2F3N3O/c24-19-7-6-15(21(25)10-19)11-29-30-22(32)14-4-5-16-12-31(13-17(16)8-14)20-3-1-2-18(9-20)23(26,27)28/h1-11H,12-13H2,(H,30,32)/b29-11+. The van der Waals surface area contributed by atoms with Gasteiger partial charge in [0, 0.05) is 34.9 Å². The van der Waals surface area contributed by atoms with Crippen molar-refractivity contribution in [3.05, 3.63) is 98.5 Å². The Morgan fingerprint density at radius 2 is 1.78 bits per heavy atom. The van der Waals surface area contributed by atoms with E-state index in [0.29, 0.717) is 39.9 Å². The van der Waals surface area contributed by atoms with E-state index in [2.05, 4.69) is 10.5 Å². The second kappa shape index (κ2) is 8.84. The number of hydrogen-bond acceptors (Lipinski definition) is 3. The molecule has 0 bridgehead atoms. The Morgan fingerprint density at radius 1 is 1.00 bits per heavy atom. The summed E-state index contributed by atoms with van der Waals surface area (Å²) in [6.07, 6.45) is -2.98. The van der Waals surface area contributed by atoms with Gasteiger partial charge in [0.1, 0.15) is 0 Å². The Morgan fingerprint density at radius 3 is 2.53 bits per heavy atom. The first-order valence-electron chi connectivity index (χ1n) is 9.53. The molecule has 0 aliphatic carbocycles. The van der Waals surface area contributed by atoms with E-state index in [0.717, 1.165) is 23.3 Å². The maximum atomic E-state index is 13.0. The van der Waals surface area contributed by atoms with Crippen molar-refractivity contribution in [1.82, 2.24) is 5.43 Å². The number of nitrogens with zero attached hydrogens (tertiary/aromatic N) is 2. The smallest absolute Gasteiger partial charge is 0.363 e. The van der Waals surface area contributed by atoms with E-state index in [1.807, 2.05) is 4.90 Å². The highest BCUT2D eigenvalue weighted by Crippen LogP contribution is 2.34. The lowest BCUT2D eigenvalue weighted by atomic mass is 10.1. The summed E-state index contributed by atoms with van der Waals surface area (Å²) < 4.78 is 39.1. The molecule has 0 aromatic heterocycles. The van der Waals surface area contributed by atoms with Gasteiger partial charge in [-0.2, -0.15) is 18.3 Å². The lowest BCUT2D eigenvalue weighted by Crippen LogP contribution is -2.18. The lowest BCUT2D eigenvalue weighted by Gasteiger charge is -2.19. The van der Waals surface area contributed by atoms with Crippen LogP contribution < -0.4 is 10.3 Å². The highest BCUT2D eigenvalue weighted by molar-refractivity contribution is 6.36. The molecule has 0 radical (unpaired) electrons. The second-order valence-electron chi connectivity index (χ2n) is 7.25. The molecule has 4 rings (SSSR count). The number of rotatable bonds is 4. The minimum Gasteiger partial charge on any atom is -0.363 e. The van der Waals surface area contributed by atoms with Crippen LogP contribution in [0.3, 0.4) is 0 Å². The third-order valence-electron chi connectivity index (χ3n) is 5.06. The van der Waals surface area contributed by atoms with Crippen molar-refractivity contribution in [3.8, 4) is 0 Å². The van der Waals surface area contributed by atoms with E-state index in [4.69, 9.17) is 23.2 Å². The highest BCUT2D eigenvalue weighted by atomic mass is 35.5. The summed E-state index contributed by atoms with van der Waals surface area (Å²) in [6.45, 7) is 0.868. The van der Waals surface area contributed by atoms with Gasteiger partial charge in [0.25, 0.3) is 5.91 Å². The van der Waals surface area contributed by atoms with E-state index >= 15 is 0 Å². The molecule has 1 aliphatic rings. The number of carbonyl (C=O) groups excluding carboxylic acids is 1. The average Bonchev–Trinajstić information content (AvgIpc) is 3.18. The summed E-state index contributed by atoms with van der Waals surface area (Å²) >= 11 is 11.9. The van der Waals surface area contributed by atoms with Crippen LogP contribution in [0, 0.1) is 0 Å². The van der Waals surface area contributed by atoms with Crippen LogP contribution in [0.2, 0.25) is 10.0 Å². The first-order chi connectivity index (χ1) is 15.2. The van der Waals surface area contributed by atoms with E-state index in [1.54, 1.807) is 42.5 Å². The van der Waals surface area contributed by atoms with Gasteiger partial charge in [-0.05, 0) is 53.6 Å². The number of benzene rings is 3. The van der Waals surface area contributed by atoms with Crippen LogP contribution in [0.4, 0.5) is 18.9 Å². The molecular formula is C23H16Cl2F3N3O. The number of carbonyl (C=O) groups is 1. The number of anilines is 1. The molecule has 4 nitrogen and oxygen atoms in total. The monoisotopic (exact) mass is 477 g/mol. The molecule has 0 spiro atoms. The molecule has 1 aliphatic heterocycles. The zero-order valence-electron chi connectivity index (χ0n) is 16.5. The minimum absolute atomic E-state index is 0.397. The van der Waals surface area contributed by atoms with Gasteiger partial charge in [0.15, 0.2) is 0 Å². The van der Waals surface area contributed by atoms with E-state index in [1.165, 1.54) is 12.3 Å². The fourth-order valence-corrected chi connectivity index (χ4v) is 3.89. The maximum Gasteiger partial charge on any atom is 0.416 e. The molecule has 0 fully saturated rings. The summed E-state index contributed by atoms with van der Waals surface area (Å²) in [5.74, 6) is -0.411. The maximum absolute atomic E-state index is 13.0. The Labute approximate surface area is 192 Å². The topological polar surface area (TPSA) is 44.7 Å². The summed E-state index contributed by atoms with van der Waals surface area (Å²) in [6, 6.07) is 15.3. The quantitative estimate of drug-likeness (QED) is 0.354. The van der Waals surface area contributed by atoms with Crippen LogP contribution in [0.1, 0.15) is 32.6 Å². The zero-order chi connectivity index (χ0) is 22.9. The third kappa shape index (κ3) is 4.89. The number of amides is 1. The van der Waals surface area contributed by atoms with Crippen LogP contribution in [0.15, 0.2) is 65.8 Å². The molecule has 0 saturated carbocycles. The van der Waals surface area contributed by atoms with Crippen LogP contribution >= 0.6 is 23.2 Å². The first kappa shape index (κ1) is 22.2.